The van der Waals surface area contributed by atoms with Gasteiger partial charge in [-0.25, -0.2) is 4.98 Å². The van der Waals surface area contributed by atoms with E-state index in [0.29, 0.717) is 21.8 Å². The quantitative estimate of drug-likeness (QED) is 0.938. The number of nitriles is 1. The van der Waals surface area contributed by atoms with Crippen molar-refractivity contribution in [1.82, 2.24) is 9.55 Å². The first-order valence-corrected chi connectivity index (χ1v) is 7.49. The summed E-state index contributed by atoms with van der Waals surface area (Å²) in [6.07, 6.45) is 1.36. The number of anilines is 1. The normalized spacial score (nSPS) is 10.3. The van der Waals surface area contributed by atoms with Crippen LogP contribution in [0.15, 0.2) is 11.1 Å². The van der Waals surface area contributed by atoms with Crippen LogP contribution in [0.4, 0.5) is 5.00 Å². The van der Waals surface area contributed by atoms with Gasteiger partial charge in [0, 0.05) is 16.1 Å². The standard InChI is InChI=1S/C15H16N4O2S/c1-8-10(3)17-7-19(15(8)21)6-13(20)18-14-12(5-16)9(2)11(4)22-14/h7H,6H2,1-4H3,(H,18,20). The van der Waals surface area contributed by atoms with E-state index in [0.717, 1.165) is 10.4 Å². The Morgan fingerprint density at radius 2 is 2.05 bits per heavy atom. The number of aromatic nitrogens is 2. The van der Waals surface area contributed by atoms with Crippen LogP contribution in [-0.4, -0.2) is 15.5 Å². The molecule has 1 N–H and O–H groups in total. The molecular weight excluding hydrogens is 300 g/mol. The summed E-state index contributed by atoms with van der Waals surface area (Å²) in [6.45, 7) is 7.04. The van der Waals surface area contributed by atoms with Gasteiger partial charge < -0.3 is 5.32 Å². The molecule has 0 spiro atoms. The molecule has 2 heterocycles. The van der Waals surface area contributed by atoms with Crippen molar-refractivity contribution in [3.05, 3.63) is 43.9 Å². The molecule has 7 heteroatoms. The van der Waals surface area contributed by atoms with Crippen molar-refractivity contribution in [1.29, 1.82) is 5.26 Å². The molecule has 1 amide bonds. The van der Waals surface area contributed by atoms with Crippen LogP contribution < -0.4 is 10.9 Å². The van der Waals surface area contributed by atoms with Gasteiger partial charge in [-0.05, 0) is 33.3 Å². The highest BCUT2D eigenvalue weighted by molar-refractivity contribution is 7.16. The summed E-state index contributed by atoms with van der Waals surface area (Å²) < 4.78 is 1.26. The predicted molar refractivity (Wildman–Crippen MR) is 85.1 cm³/mol. The monoisotopic (exact) mass is 316 g/mol. The van der Waals surface area contributed by atoms with Crippen LogP contribution >= 0.6 is 11.3 Å². The average Bonchev–Trinajstić information content (AvgIpc) is 2.74. The molecule has 114 valence electrons. The zero-order valence-electron chi connectivity index (χ0n) is 12.9. The lowest BCUT2D eigenvalue weighted by Gasteiger charge is -2.08. The van der Waals surface area contributed by atoms with Crippen LogP contribution in [0.2, 0.25) is 0 Å². The molecule has 0 aromatic carbocycles. The topological polar surface area (TPSA) is 87.8 Å². The number of hydrogen-bond acceptors (Lipinski definition) is 5. The van der Waals surface area contributed by atoms with E-state index in [9.17, 15) is 9.59 Å². The zero-order chi connectivity index (χ0) is 16.4. The van der Waals surface area contributed by atoms with Gasteiger partial charge in [-0.1, -0.05) is 0 Å². The number of nitrogens with zero attached hydrogens (tertiary/aromatic N) is 3. The molecule has 0 aliphatic carbocycles. The number of hydrogen-bond donors (Lipinski definition) is 1. The molecule has 0 aliphatic rings. The maximum atomic E-state index is 12.1. The lowest BCUT2D eigenvalue weighted by molar-refractivity contribution is -0.116. The fourth-order valence-corrected chi connectivity index (χ4v) is 2.99. The molecule has 0 unspecified atom stereocenters. The molecular formula is C15H16N4O2S. The lowest BCUT2D eigenvalue weighted by Crippen LogP contribution is -2.29. The fourth-order valence-electron chi connectivity index (χ4n) is 1.96. The molecule has 0 radical (unpaired) electrons. The minimum Gasteiger partial charge on any atom is -0.315 e. The molecule has 6 nitrogen and oxygen atoms in total. The van der Waals surface area contributed by atoms with E-state index in [4.69, 9.17) is 5.26 Å². The molecule has 0 aliphatic heterocycles. The van der Waals surface area contributed by atoms with Gasteiger partial charge in [0.2, 0.25) is 5.91 Å². The van der Waals surface area contributed by atoms with Gasteiger partial charge in [-0.2, -0.15) is 5.26 Å². The van der Waals surface area contributed by atoms with E-state index in [-0.39, 0.29) is 18.0 Å². The van der Waals surface area contributed by atoms with E-state index in [1.807, 2.05) is 13.8 Å². The van der Waals surface area contributed by atoms with Crippen molar-refractivity contribution in [2.24, 2.45) is 0 Å². The molecule has 2 aromatic heterocycles. The Morgan fingerprint density at radius 3 is 2.68 bits per heavy atom. The van der Waals surface area contributed by atoms with E-state index >= 15 is 0 Å². The number of carbonyl (C=O) groups is 1. The van der Waals surface area contributed by atoms with Crippen LogP contribution in [0, 0.1) is 39.0 Å². The summed E-state index contributed by atoms with van der Waals surface area (Å²) in [5, 5.41) is 12.4. The minimum atomic E-state index is -0.357. The Bertz CT molecular complexity index is 842. The molecule has 0 fully saturated rings. The van der Waals surface area contributed by atoms with E-state index in [2.05, 4.69) is 16.4 Å². The highest BCUT2D eigenvalue weighted by atomic mass is 32.1. The van der Waals surface area contributed by atoms with Crippen molar-refractivity contribution >= 4 is 22.2 Å². The van der Waals surface area contributed by atoms with E-state index < -0.39 is 0 Å². The maximum Gasteiger partial charge on any atom is 0.256 e. The molecule has 22 heavy (non-hydrogen) atoms. The highest BCUT2D eigenvalue weighted by Crippen LogP contribution is 2.31. The first-order chi connectivity index (χ1) is 10.3. The number of carbonyl (C=O) groups excluding carboxylic acids is 1. The van der Waals surface area contributed by atoms with Crippen LogP contribution in [0.25, 0.3) is 0 Å². The largest absolute Gasteiger partial charge is 0.315 e. The van der Waals surface area contributed by atoms with Crippen molar-refractivity contribution in [2.45, 2.75) is 34.2 Å². The van der Waals surface area contributed by atoms with Gasteiger partial charge in [0.1, 0.15) is 17.6 Å². The van der Waals surface area contributed by atoms with Gasteiger partial charge in [0.25, 0.3) is 5.56 Å². The number of amides is 1. The van der Waals surface area contributed by atoms with Crippen molar-refractivity contribution < 1.29 is 4.79 Å². The first kappa shape index (κ1) is 15.9. The fraction of sp³-hybridized carbons (Fsp3) is 0.333. The Balaban J connectivity index is 2.22. The number of aryl methyl sites for hydroxylation is 2. The zero-order valence-corrected chi connectivity index (χ0v) is 13.7. The van der Waals surface area contributed by atoms with Gasteiger partial charge in [0.05, 0.1) is 11.9 Å². The highest BCUT2D eigenvalue weighted by Gasteiger charge is 2.15. The van der Waals surface area contributed by atoms with Gasteiger partial charge in [0.15, 0.2) is 0 Å². The third-order valence-electron chi connectivity index (χ3n) is 3.58. The summed E-state index contributed by atoms with van der Waals surface area (Å²) in [6, 6.07) is 2.10. The summed E-state index contributed by atoms with van der Waals surface area (Å²) in [7, 11) is 0. The third-order valence-corrected chi connectivity index (χ3v) is 4.70. The Labute approximate surface area is 132 Å². The molecule has 2 rings (SSSR count). The summed E-state index contributed by atoms with van der Waals surface area (Å²) in [5.41, 5.74) is 2.28. The van der Waals surface area contributed by atoms with Crippen molar-refractivity contribution in [3.8, 4) is 6.07 Å². The van der Waals surface area contributed by atoms with Crippen LogP contribution in [0.1, 0.15) is 27.3 Å². The second-order valence-corrected chi connectivity index (χ2v) is 6.26. The van der Waals surface area contributed by atoms with Crippen LogP contribution in [-0.2, 0) is 11.3 Å². The van der Waals surface area contributed by atoms with Gasteiger partial charge in [-0.3, -0.25) is 14.2 Å². The molecule has 0 saturated heterocycles. The van der Waals surface area contributed by atoms with E-state index in [1.54, 1.807) is 13.8 Å². The second-order valence-electron chi connectivity index (χ2n) is 5.04. The Morgan fingerprint density at radius 1 is 1.36 bits per heavy atom. The lowest BCUT2D eigenvalue weighted by atomic mass is 10.2. The third kappa shape index (κ3) is 2.92. The van der Waals surface area contributed by atoms with Crippen molar-refractivity contribution in [3.63, 3.8) is 0 Å². The molecule has 0 saturated carbocycles. The summed E-state index contributed by atoms with van der Waals surface area (Å²) in [4.78, 5) is 29.2. The Hall–Kier alpha value is -2.46. The number of thiophene rings is 1. The van der Waals surface area contributed by atoms with E-state index in [1.165, 1.54) is 22.2 Å². The number of nitrogens with one attached hydrogen (secondary N) is 1. The van der Waals surface area contributed by atoms with Crippen molar-refractivity contribution in [2.75, 3.05) is 5.32 Å². The van der Waals surface area contributed by atoms with Gasteiger partial charge in [-0.15, -0.1) is 11.3 Å². The maximum absolute atomic E-state index is 12.1. The summed E-state index contributed by atoms with van der Waals surface area (Å²) >= 11 is 1.36. The predicted octanol–water partition coefficient (Wildman–Crippen LogP) is 2.05. The second kappa shape index (κ2) is 6.12. The van der Waals surface area contributed by atoms with Gasteiger partial charge >= 0.3 is 0 Å². The smallest absolute Gasteiger partial charge is 0.256 e. The minimum absolute atomic E-state index is 0.131. The van der Waals surface area contributed by atoms with Crippen LogP contribution in [0.5, 0.6) is 0 Å². The van der Waals surface area contributed by atoms with Crippen LogP contribution in [0.3, 0.4) is 0 Å². The average molecular weight is 316 g/mol. The molecule has 0 bridgehead atoms. The number of rotatable bonds is 3. The SMILES string of the molecule is Cc1ncn(CC(=O)Nc2sc(C)c(C)c2C#N)c(=O)c1C. The molecule has 2 aromatic rings. The molecule has 0 atom stereocenters. The first-order valence-electron chi connectivity index (χ1n) is 6.67. The summed E-state index contributed by atoms with van der Waals surface area (Å²) in [5.74, 6) is -0.357. The Kier molecular flexibility index (Phi) is 4.43.